The fourth-order valence-corrected chi connectivity index (χ4v) is 1.34. The summed E-state index contributed by atoms with van der Waals surface area (Å²) in [6, 6.07) is 0. The lowest BCUT2D eigenvalue weighted by atomic mass is 10.3. The molecule has 4 nitrogen and oxygen atoms in total. The predicted octanol–water partition coefficient (Wildman–Crippen LogP) is 0.562. The number of carbonyl (C=O) groups is 1. The monoisotopic (exact) mass is 222 g/mol. The smallest absolute Gasteiger partial charge is 0.322 e. The Kier molecular flexibility index (Phi) is 6.87. The zero-order valence-electron chi connectivity index (χ0n) is 9.03. The van der Waals surface area contributed by atoms with Gasteiger partial charge in [0, 0.05) is 6.54 Å². The summed E-state index contributed by atoms with van der Waals surface area (Å²) in [5, 5.41) is 7.77. The number of carboxylic acids is 1. The molecule has 0 aromatic rings. The molecule has 0 aromatic heterocycles. The number of rotatable bonds is 7. The third-order valence-electron chi connectivity index (χ3n) is 1.89. The van der Waals surface area contributed by atoms with E-state index in [-0.39, 0.29) is 0 Å². The first kappa shape index (κ1) is 13.7. The number of halogens is 1. The van der Waals surface area contributed by atoms with E-state index in [0.717, 1.165) is 19.5 Å². The molecule has 0 saturated heterocycles. The molecule has 0 saturated carbocycles. The number of nitrogens with zero attached hydrogens (tertiary/aromatic N) is 2. The Balaban J connectivity index is 3.55. The van der Waals surface area contributed by atoms with Gasteiger partial charge in [0.05, 0.1) is 0 Å². The van der Waals surface area contributed by atoms with Crippen LogP contribution in [0.25, 0.3) is 0 Å². The van der Waals surface area contributed by atoms with E-state index in [9.17, 15) is 4.79 Å². The van der Waals surface area contributed by atoms with Crippen LogP contribution in [-0.2, 0) is 4.79 Å². The minimum atomic E-state index is -0.953. The van der Waals surface area contributed by atoms with Gasteiger partial charge < -0.3 is 14.9 Å². The Bertz CT molecular complexity index is 176. The number of aliphatic carboxylic acids is 1. The molecule has 0 aliphatic carbocycles. The lowest BCUT2D eigenvalue weighted by molar-refractivity contribution is -0.136. The van der Waals surface area contributed by atoms with Crippen LogP contribution >= 0.6 is 11.6 Å². The molecule has 14 heavy (non-hydrogen) atoms. The molecule has 0 fully saturated rings. The van der Waals surface area contributed by atoms with Gasteiger partial charge in [-0.3, -0.25) is 4.79 Å². The topological polar surface area (TPSA) is 43.8 Å². The third kappa shape index (κ3) is 7.12. The van der Waals surface area contributed by atoms with Crippen molar-refractivity contribution in [1.82, 2.24) is 9.80 Å². The van der Waals surface area contributed by atoms with Crippen molar-refractivity contribution in [3.05, 3.63) is 0 Å². The SMILES string of the molecule is CN(C)CCCN(C)CC(Cl)C(=O)O. The Morgan fingerprint density at radius 3 is 2.36 bits per heavy atom. The normalized spacial score (nSPS) is 13.6. The van der Waals surface area contributed by atoms with Crippen LogP contribution in [0.5, 0.6) is 0 Å². The van der Waals surface area contributed by atoms with Crippen LogP contribution in [0.3, 0.4) is 0 Å². The molecule has 1 atom stereocenters. The van der Waals surface area contributed by atoms with Crippen molar-refractivity contribution in [3.8, 4) is 0 Å². The van der Waals surface area contributed by atoms with Gasteiger partial charge >= 0.3 is 5.97 Å². The molecule has 0 rings (SSSR count). The summed E-state index contributed by atoms with van der Waals surface area (Å²) in [5.74, 6) is -0.953. The molecule has 0 aliphatic rings. The predicted molar refractivity (Wildman–Crippen MR) is 57.9 cm³/mol. The van der Waals surface area contributed by atoms with Gasteiger partial charge in [0.1, 0.15) is 5.38 Å². The van der Waals surface area contributed by atoms with Crippen LogP contribution in [0, 0.1) is 0 Å². The fourth-order valence-electron chi connectivity index (χ4n) is 1.10. The van der Waals surface area contributed by atoms with E-state index < -0.39 is 11.3 Å². The molecule has 0 amide bonds. The number of alkyl halides is 1. The van der Waals surface area contributed by atoms with Gasteiger partial charge in [-0.1, -0.05) is 0 Å². The second-order valence-corrected chi connectivity index (χ2v) is 4.25. The minimum Gasteiger partial charge on any atom is -0.480 e. The van der Waals surface area contributed by atoms with E-state index >= 15 is 0 Å². The molecule has 0 heterocycles. The zero-order valence-corrected chi connectivity index (χ0v) is 9.79. The summed E-state index contributed by atoms with van der Waals surface area (Å²) in [5.41, 5.74) is 0. The number of hydrogen-bond acceptors (Lipinski definition) is 3. The minimum absolute atomic E-state index is 0.393. The number of carboxylic acid groups (broad SMARTS) is 1. The van der Waals surface area contributed by atoms with Crippen molar-refractivity contribution in [2.75, 3.05) is 40.8 Å². The van der Waals surface area contributed by atoms with Gasteiger partial charge in [0.2, 0.25) is 0 Å². The summed E-state index contributed by atoms with van der Waals surface area (Å²) >= 11 is 5.60. The fraction of sp³-hybridized carbons (Fsp3) is 0.889. The highest BCUT2D eigenvalue weighted by molar-refractivity contribution is 6.29. The van der Waals surface area contributed by atoms with Gasteiger partial charge in [-0.15, -0.1) is 11.6 Å². The van der Waals surface area contributed by atoms with Crippen molar-refractivity contribution in [2.45, 2.75) is 11.8 Å². The molecule has 0 spiro atoms. The Morgan fingerprint density at radius 2 is 1.93 bits per heavy atom. The maximum atomic E-state index is 10.4. The van der Waals surface area contributed by atoms with Crippen LogP contribution in [0.2, 0.25) is 0 Å². The van der Waals surface area contributed by atoms with Crippen molar-refractivity contribution < 1.29 is 9.90 Å². The van der Waals surface area contributed by atoms with Crippen LogP contribution in [0.15, 0.2) is 0 Å². The van der Waals surface area contributed by atoms with Crippen LogP contribution < -0.4 is 0 Å². The van der Waals surface area contributed by atoms with Gasteiger partial charge in [-0.25, -0.2) is 0 Å². The van der Waals surface area contributed by atoms with E-state index in [1.54, 1.807) is 0 Å². The second kappa shape index (κ2) is 7.04. The van der Waals surface area contributed by atoms with Gasteiger partial charge in [-0.2, -0.15) is 0 Å². The van der Waals surface area contributed by atoms with E-state index in [4.69, 9.17) is 16.7 Å². The quantitative estimate of drug-likeness (QED) is 0.640. The Morgan fingerprint density at radius 1 is 1.36 bits per heavy atom. The maximum Gasteiger partial charge on any atom is 0.322 e. The van der Waals surface area contributed by atoms with E-state index in [1.807, 2.05) is 26.0 Å². The first-order valence-electron chi connectivity index (χ1n) is 4.63. The summed E-state index contributed by atoms with van der Waals surface area (Å²) in [7, 11) is 5.91. The standard InChI is InChI=1S/C9H19ClN2O2/c1-11(2)5-4-6-12(3)7-8(10)9(13)14/h8H,4-7H2,1-3H3,(H,13,14). The largest absolute Gasteiger partial charge is 0.480 e. The molecule has 0 radical (unpaired) electrons. The summed E-state index contributed by atoms with van der Waals surface area (Å²) < 4.78 is 0. The van der Waals surface area contributed by atoms with Gasteiger partial charge in [0.15, 0.2) is 0 Å². The van der Waals surface area contributed by atoms with Crippen molar-refractivity contribution in [2.24, 2.45) is 0 Å². The molecule has 84 valence electrons. The first-order valence-corrected chi connectivity index (χ1v) is 5.07. The maximum absolute atomic E-state index is 10.4. The molecular weight excluding hydrogens is 204 g/mol. The van der Waals surface area contributed by atoms with E-state index in [0.29, 0.717) is 6.54 Å². The molecule has 0 aromatic carbocycles. The molecule has 1 N–H and O–H groups in total. The zero-order chi connectivity index (χ0) is 11.1. The van der Waals surface area contributed by atoms with Crippen molar-refractivity contribution in [1.29, 1.82) is 0 Å². The highest BCUT2D eigenvalue weighted by Gasteiger charge is 2.15. The Labute approximate surface area is 90.4 Å². The molecule has 0 bridgehead atoms. The number of hydrogen-bond donors (Lipinski definition) is 1. The summed E-state index contributed by atoms with van der Waals surface area (Å²) in [6.07, 6.45) is 1.02. The second-order valence-electron chi connectivity index (χ2n) is 3.72. The van der Waals surface area contributed by atoms with Crippen LogP contribution in [0.4, 0.5) is 0 Å². The van der Waals surface area contributed by atoms with Crippen molar-refractivity contribution in [3.63, 3.8) is 0 Å². The molecule has 5 heteroatoms. The summed E-state index contributed by atoms with van der Waals surface area (Å²) in [4.78, 5) is 14.5. The molecule has 1 unspecified atom stereocenters. The average molecular weight is 223 g/mol. The van der Waals surface area contributed by atoms with Crippen LogP contribution in [-0.4, -0.2) is 67.0 Å². The lowest BCUT2D eigenvalue weighted by Gasteiger charge is -2.18. The first-order chi connectivity index (χ1) is 6.43. The third-order valence-corrected chi connectivity index (χ3v) is 2.21. The molecule has 0 aliphatic heterocycles. The van der Waals surface area contributed by atoms with Crippen LogP contribution in [0.1, 0.15) is 6.42 Å². The highest BCUT2D eigenvalue weighted by Crippen LogP contribution is 1.99. The van der Waals surface area contributed by atoms with Crippen molar-refractivity contribution >= 4 is 17.6 Å². The summed E-state index contributed by atoms with van der Waals surface area (Å²) in [6.45, 7) is 2.27. The van der Waals surface area contributed by atoms with Gasteiger partial charge in [-0.05, 0) is 40.7 Å². The van der Waals surface area contributed by atoms with E-state index in [1.165, 1.54) is 0 Å². The van der Waals surface area contributed by atoms with E-state index in [2.05, 4.69) is 4.90 Å². The Hall–Kier alpha value is -0.320. The average Bonchev–Trinajstić information content (AvgIpc) is 2.02. The van der Waals surface area contributed by atoms with Gasteiger partial charge in [0.25, 0.3) is 0 Å². The highest BCUT2D eigenvalue weighted by atomic mass is 35.5. The molecular formula is C9H19ClN2O2. The lowest BCUT2D eigenvalue weighted by Crippen LogP contribution is -2.32.